The molecule has 120 valence electrons. The maximum absolute atomic E-state index is 11.6. The first-order chi connectivity index (χ1) is 11.0. The quantitative estimate of drug-likeness (QED) is 0.452. The number of anilines is 1. The van der Waals surface area contributed by atoms with E-state index in [1.807, 2.05) is 10.1 Å². The van der Waals surface area contributed by atoms with Crippen LogP contribution in [0.4, 0.5) is 5.82 Å². The van der Waals surface area contributed by atoms with E-state index in [9.17, 15) is 14.4 Å². The van der Waals surface area contributed by atoms with Crippen molar-refractivity contribution in [2.45, 2.75) is 0 Å². The Labute approximate surface area is 138 Å². The fourth-order valence-electron chi connectivity index (χ4n) is 1.47. The zero-order valence-electron chi connectivity index (χ0n) is 11.4. The lowest BCUT2D eigenvalue weighted by molar-refractivity contribution is -0.119. The van der Waals surface area contributed by atoms with Crippen LogP contribution in [0.3, 0.4) is 0 Å². The summed E-state index contributed by atoms with van der Waals surface area (Å²) in [6.07, 6.45) is 1.30. The topological polar surface area (TPSA) is 132 Å². The minimum absolute atomic E-state index is 0.196. The number of aromatic amines is 2. The van der Waals surface area contributed by atoms with Gasteiger partial charge in [-0.2, -0.15) is 5.10 Å². The van der Waals surface area contributed by atoms with Crippen LogP contribution >= 0.6 is 23.2 Å². The maximum atomic E-state index is 11.6. The average molecular weight is 357 g/mol. The van der Waals surface area contributed by atoms with Gasteiger partial charge in [-0.25, -0.2) is 15.3 Å². The van der Waals surface area contributed by atoms with Gasteiger partial charge in [0.05, 0.1) is 22.8 Å². The second-order valence-corrected chi connectivity index (χ2v) is 4.95. The van der Waals surface area contributed by atoms with Gasteiger partial charge in [-0.1, -0.05) is 29.3 Å². The summed E-state index contributed by atoms with van der Waals surface area (Å²) in [5.41, 5.74) is 1.20. The van der Waals surface area contributed by atoms with E-state index in [1.165, 1.54) is 6.21 Å². The molecule has 1 aromatic carbocycles. The Bertz CT molecular complexity index is 840. The third-order valence-corrected chi connectivity index (χ3v) is 3.17. The molecule has 9 nitrogen and oxygen atoms in total. The van der Waals surface area contributed by atoms with Crippen LogP contribution < -0.4 is 22.0 Å². The van der Waals surface area contributed by atoms with E-state index in [0.29, 0.717) is 15.6 Å². The van der Waals surface area contributed by atoms with Crippen molar-refractivity contribution < 1.29 is 4.79 Å². The van der Waals surface area contributed by atoms with Crippen LogP contribution in [-0.4, -0.2) is 33.8 Å². The van der Waals surface area contributed by atoms with Crippen molar-refractivity contribution in [1.29, 1.82) is 0 Å². The largest absolute Gasteiger partial charge is 0.355 e. The van der Waals surface area contributed by atoms with Gasteiger partial charge in [-0.05, 0) is 12.1 Å². The summed E-state index contributed by atoms with van der Waals surface area (Å²) in [5, 5.41) is 12.4. The predicted octanol–water partition coefficient (Wildman–Crippen LogP) is 0.327. The molecule has 4 N–H and O–H groups in total. The first-order valence-corrected chi connectivity index (χ1v) is 6.92. The Morgan fingerprint density at radius 3 is 2.65 bits per heavy atom. The molecule has 1 heterocycles. The molecule has 0 aliphatic heterocycles. The molecule has 0 atom stereocenters. The average Bonchev–Trinajstić information content (AvgIpc) is 2.49. The summed E-state index contributed by atoms with van der Waals surface area (Å²) >= 11 is 11.9. The number of benzene rings is 1. The molecule has 23 heavy (non-hydrogen) atoms. The van der Waals surface area contributed by atoms with Crippen LogP contribution in [0.5, 0.6) is 0 Å². The molecule has 0 bridgehead atoms. The fraction of sp³-hybridized carbons (Fsp3) is 0.0833. The highest BCUT2D eigenvalue weighted by atomic mass is 35.5. The van der Waals surface area contributed by atoms with E-state index in [1.54, 1.807) is 18.2 Å². The van der Waals surface area contributed by atoms with Crippen molar-refractivity contribution in [3.05, 3.63) is 54.6 Å². The minimum atomic E-state index is -0.744. The Hall–Kier alpha value is -2.65. The fourth-order valence-corrected chi connectivity index (χ4v) is 1.97. The van der Waals surface area contributed by atoms with Crippen molar-refractivity contribution in [3.63, 3.8) is 0 Å². The first-order valence-electron chi connectivity index (χ1n) is 6.16. The highest BCUT2D eigenvalue weighted by Gasteiger charge is 2.05. The number of halogens is 2. The SMILES string of the molecule is O=C(CNc1n[nH]c(=O)[nH]c1=O)NN=Cc1c(Cl)cccc1Cl. The van der Waals surface area contributed by atoms with E-state index in [4.69, 9.17) is 23.2 Å². The van der Waals surface area contributed by atoms with Crippen molar-refractivity contribution in [2.24, 2.45) is 5.10 Å². The van der Waals surface area contributed by atoms with Gasteiger partial charge >= 0.3 is 5.69 Å². The molecule has 0 saturated carbocycles. The summed E-state index contributed by atoms with van der Waals surface area (Å²) in [6, 6.07) is 4.94. The highest BCUT2D eigenvalue weighted by molar-refractivity contribution is 6.38. The number of carbonyl (C=O) groups excluding carboxylic acids is 1. The second-order valence-electron chi connectivity index (χ2n) is 4.14. The Balaban J connectivity index is 1.91. The molecular weight excluding hydrogens is 347 g/mol. The van der Waals surface area contributed by atoms with Gasteiger partial charge in [0.25, 0.3) is 11.5 Å². The number of carbonyl (C=O) groups is 1. The predicted molar refractivity (Wildman–Crippen MR) is 86.2 cm³/mol. The van der Waals surface area contributed by atoms with Gasteiger partial charge in [-0.15, -0.1) is 5.10 Å². The van der Waals surface area contributed by atoms with Gasteiger partial charge in [0.2, 0.25) is 5.82 Å². The molecule has 2 rings (SSSR count). The lowest BCUT2D eigenvalue weighted by Gasteiger charge is -2.03. The summed E-state index contributed by atoms with van der Waals surface area (Å²) in [5.74, 6) is -0.741. The molecule has 1 amide bonds. The second kappa shape index (κ2) is 7.56. The molecule has 0 aliphatic rings. The lowest BCUT2D eigenvalue weighted by atomic mass is 10.2. The van der Waals surface area contributed by atoms with Crippen LogP contribution in [0.1, 0.15) is 5.56 Å². The molecule has 0 spiro atoms. The summed E-state index contributed by atoms with van der Waals surface area (Å²) < 4.78 is 0. The summed E-state index contributed by atoms with van der Waals surface area (Å²) in [6.45, 7) is -0.282. The number of nitrogens with zero attached hydrogens (tertiary/aromatic N) is 2. The third kappa shape index (κ3) is 4.66. The molecule has 0 aliphatic carbocycles. The molecule has 0 radical (unpaired) electrons. The number of nitrogens with one attached hydrogen (secondary N) is 4. The molecule has 2 aromatic rings. The molecule has 1 aromatic heterocycles. The molecular formula is C12H10Cl2N6O3. The molecule has 0 fully saturated rings. The van der Waals surface area contributed by atoms with Gasteiger partial charge in [-0.3, -0.25) is 14.6 Å². The summed E-state index contributed by atoms with van der Waals surface area (Å²) in [4.78, 5) is 35.7. The Morgan fingerprint density at radius 2 is 2.00 bits per heavy atom. The lowest BCUT2D eigenvalue weighted by Crippen LogP contribution is -2.31. The summed E-state index contributed by atoms with van der Waals surface area (Å²) in [7, 11) is 0. The van der Waals surface area contributed by atoms with Crippen LogP contribution in [0.15, 0.2) is 32.9 Å². The Kier molecular flexibility index (Phi) is 5.50. The molecule has 0 saturated heterocycles. The smallest absolute Gasteiger partial charge is 0.342 e. The molecule has 0 unspecified atom stereocenters. The minimum Gasteiger partial charge on any atom is -0.355 e. The van der Waals surface area contributed by atoms with Crippen LogP contribution in [-0.2, 0) is 4.79 Å². The highest BCUT2D eigenvalue weighted by Crippen LogP contribution is 2.21. The van der Waals surface area contributed by atoms with Crippen LogP contribution in [0, 0.1) is 0 Å². The van der Waals surface area contributed by atoms with Crippen molar-refractivity contribution >= 4 is 41.1 Å². The van der Waals surface area contributed by atoms with Crippen LogP contribution in [0.25, 0.3) is 0 Å². The zero-order chi connectivity index (χ0) is 16.8. The van der Waals surface area contributed by atoms with Crippen LogP contribution in [0.2, 0.25) is 10.0 Å². The van der Waals surface area contributed by atoms with E-state index in [0.717, 1.165) is 0 Å². The van der Waals surface area contributed by atoms with E-state index >= 15 is 0 Å². The molecule has 11 heteroatoms. The normalized spacial score (nSPS) is 10.7. The Morgan fingerprint density at radius 1 is 1.30 bits per heavy atom. The van der Waals surface area contributed by atoms with Gasteiger partial charge in [0, 0.05) is 5.56 Å². The standard InChI is InChI=1S/C12H10Cl2N6O3/c13-7-2-1-3-8(14)6(7)4-16-18-9(21)5-15-10-11(22)17-12(23)20-19-10/h1-4H,5H2,(H,15,19)(H,18,21)(H2,17,20,22,23). The third-order valence-electron chi connectivity index (χ3n) is 2.51. The van der Waals surface area contributed by atoms with Crippen molar-refractivity contribution in [3.8, 4) is 0 Å². The maximum Gasteiger partial charge on any atom is 0.342 e. The van der Waals surface area contributed by atoms with Crippen molar-refractivity contribution in [1.82, 2.24) is 20.6 Å². The number of rotatable bonds is 5. The van der Waals surface area contributed by atoms with Gasteiger partial charge in [0.15, 0.2) is 0 Å². The van der Waals surface area contributed by atoms with E-state index in [-0.39, 0.29) is 12.4 Å². The van der Waals surface area contributed by atoms with E-state index < -0.39 is 17.2 Å². The van der Waals surface area contributed by atoms with Gasteiger partial charge in [0.1, 0.15) is 0 Å². The number of H-pyrrole nitrogens is 2. The number of amides is 1. The number of hydrogen-bond donors (Lipinski definition) is 4. The zero-order valence-corrected chi connectivity index (χ0v) is 12.9. The van der Waals surface area contributed by atoms with E-state index in [2.05, 4.69) is 20.9 Å². The first kappa shape index (κ1) is 16.7. The number of hydrazone groups is 1. The number of hydrogen-bond acceptors (Lipinski definition) is 6. The van der Waals surface area contributed by atoms with Crippen molar-refractivity contribution in [2.75, 3.05) is 11.9 Å². The monoisotopic (exact) mass is 356 g/mol. The van der Waals surface area contributed by atoms with Gasteiger partial charge < -0.3 is 5.32 Å². The number of aromatic nitrogens is 3.